The molecular formula is C16H23NO4. The van der Waals surface area contributed by atoms with E-state index < -0.39 is 0 Å². The van der Waals surface area contributed by atoms with Crippen molar-refractivity contribution in [2.45, 2.75) is 18.8 Å². The molecular weight excluding hydrogens is 270 g/mol. The van der Waals surface area contributed by atoms with E-state index in [1.807, 2.05) is 18.2 Å². The van der Waals surface area contributed by atoms with Crippen LogP contribution in [0.1, 0.15) is 24.3 Å². The average Bonchev–Trinajstić information content (AvgIpc) is 2.90. The predicted octanol–water partition coefficient (Wildman–Crippen LogP) is 2.18. The molecule has 1 aliphatic rings. The van der Waals surface area contributed by atoms with Crippen LogP contribution < -0.4 is 5.32 Å². The van der Waals surface area contributed by atoms with Crippen LogP contribution in [0.3, 0.4) is 0 Å². The third-order valence-corrected chi connectivity index (χ3v) is 3.48. The van der Waals surface area contributed by atoms with Gasteiger partial charge in [0.25, 0.3) is 0 Å². The van der Waals surface area contributed by atoms with Gasteiger partial charge in [-0.05, 0) is 18.1 Å². The first-order valence-corrected chi connectivity index (χ1v) is 7.36. The van der Waals surface area contributed by atoms with Crippen molar-refractivity contribution in [2.75, 3.05) is 45.4 Å². The Labute approximate surface area is 125 Å². The summed E-state index contributed by atoms with van der Waals surface area (Å²) in [6, 6.07) is 8.09. The minimum absolute atomic E-state index is 0.168. The Balaban J connectivity index is 1.60. The number of carbonyl (C=O) groups excluding carboxylic acids is 1. The SMILES string of the molecule is COCCCOCCOC(=O)CC1CNc2ccccc21. The number of anilines is 1. The predicted molar refractivity (Wildman–Crippen MR) is 80.6 cm³/mol. The van der Waals surface area contributed by atoms with Gasteiger partial charge in [-0.3, -0.25) is 4.79 Å². The minimum atomic E-state index is -0.168. The van der Waals surface area contributed by atoms with Crippen molar-refractivity contribution in [3.8, 4) is 0 Å². The number of nitrogens with one attached hydrogen (secondary N) is 1. The highest BCUT2D eigenvalue weighted by atomic mass is 16.6. The average molecular weight is 293 g/mol. The van der Waals surface area contributed by atoms with Crippen molar-refractivity contribution in [1.29, 1.82) is 0 Å². The van der Waals surface area contributed by atoms with Gasteiger partial charge in [0.2, 0.25) is 0 Å². The smallest absolute Gasteiger partial charge is 0.306 e. The molecule has 1 unspecified atom stereocenters. The number of fused-ring (bicyclic) bond motifs is 1. The zero-order chi connectivity index (χ0) is 14.9. The number of hydrogen-bond acceptors (Lipinski definition) is 5. The van der Waals surface area contributed by atoms with Gasteiger partial charge < -0.3 is 19.5 Å². The normalized spacial score (nSPS) is 16.3. The summed E-state index contributed by atoms with van der Waals surface area (Å²) >= 11 is 0. The van der Waals surface area contributed by atoms with E-state index in [0.717, 1.165) is 18.7 Å². The van der Waals surface area contributed by atoms with E-state index in [2.05, 4.69) is 11.4 Å². The highest BCUT2D eigenvalue weighted by molar-refractivity contribution is 5.72. The van der Waals surface area contributed by atoms with Crippen molar-refractivity contribution < 1.29 is 19.0 Å². The van der Waals surface area contributed by atoms with Crippen LogP contribution in [0.4, 0.5) is 5.69 Å². The van der Waals surface area contributed by atoms with E-state index >= 15 is 0 Å². The molecule has 116 valence electrons. The van der Waals surface area contributed by atoms with Crippen molar-refractivity contribution in [3.63, 3.8) is 0 Å². The summed E-state index contributed by atoms with van der Waals surface area (Å²) in [6.45, 7) is 2.86. The molecule has 2 rings (SSSR count). The summed E-state index contributed by atoms with van der Waals surface area (Å²) in [7, 11) is 1.66. The number of esters is 1. The zero-order valence-corrected chi connectivity index (χ0v) is 12.5. The lowest BCUT2D eigenvalue weighted by Gasteiger charge is -2.10. The zero-order valence-electron chi connectivity index (χ0n) is 12.5. The number of benzene rings is 1. The van der Waals surface area contributed by atoms with Crippen molar-refractivity contribution in [1.82, 2.24) is 0 Å². The maximum Gasteiger partial charge on any atom is 0.306 e. The van der Waals surface area contributed by atoms with E-state index in [9.17, 15) is 4.79 Å². The van der Waals surface area contributed by atoms with Crippen LogP contribution in [-0.2, 0) is 19.0 Å². The number of rotatable bonds is 9. The molecule has 0 fully saturated rings. The molecule has 1 aromatic carbocycles. The van der Waals surface area contributed by atoms with Gasteiger partial charge in [0.05, 0.1) is 13.0 Å². The molecule has 0 saturated heterocycles. The molecule has 0 aromatic heterocycles. The molecule has 0 spiro atoms. The quantitative estimate of drug-likeness (QED) is 0.558. The molecule has 1 atom stereocenters. The molecule has 1 N–H and O–H groups in total. The molecule has 0 amide bonds. The van der Waals surface area contributed by atoms with Gasteiger partial charge in [-0.1, -0.05) is 18.2 Å². The summed E-state index contributed by atoms with van der Waals surface area (Å²) in [5.74, 6) is 0.0373. The highest BCUT2D eigenvalue weighted by Gasteiger charge is 2.24. The first-order valence-electron chi connectivity index (χ1n) is 7.36. The Morgan fingerprint density at radius 2 is 2.10 bits per heavy atom. The molecule has 1 aromatic rings. The van der Waals surface area contributed by atoms with Gasteiger partial charge in [-0.2, -0.15) is 0 Å². The third kappa shape index (κ3) is 5.02. The minimum Gasteiger partial charge on any atom is -0.463 e. The molecule has 0 radical (unpaired) electrons. The summed E-state index contributed by atoms with van der Waals surface area (Å²) < 4.78 is 15.5. The van der Waals surface area contributed by atoms with Crippen LogP contribution >= 0.6 is 0 Å². The van der Waals surface area contributed by atoms with E-state index in [1.165, 1.54) is 5.56 Å². The molecule has 1 heterocycles. The molecule has 5 heteroatoms. The number of ether oxygens (including phenoxy) is 3. The van der Waals surface area contributed by atoms with Crippen molar-refractivity contribution in [3.05, 3.63) is 29.8 Å². The highest BCUT2D eigenvalue weighted by Crippen LogP contribution is 2.33. The maximum absolute atomic E-state index is 11.8. The first-order chi connectivity index (χ1) is 10.3. The Hall–Kier alpha value is -1.59. The summed E-state index contributed by atoms with van der Waals surface area (Å²) in [6.07, 6.45) is 1.27. The third-order valence-electron chi connectivity index (χ3n) is 3.48. The Bertz CT molecular complexity index is 450. The van der Waals surface area contributed by atoms with Crippen molar-refractivity contribution in [2.24, 2.45) is 0 Å². The standard InChI is InChI=1S/C16H23NO4/c1-19-7-4-8-20-9-10-21-16(18)11-13-12-17-15-6-3-2-5-14(13)15/h2-3,5-6,13,17H,4,7-12H2,1H3. The lowest BCUT2D eigenvalue weighted by molar-refractivity contribution is -0.145. The Kier molecular flexibility index (Phi) is 6.50. The van der Waals surface area contributed by atoms with Crippen LogP contribution in [-0.4, -0.2) is 46.1 Å². The second kappa shape index (κ2) is 8.64. The van der Waals surface area contributed by atoms with E-state index in [0.29, 0.717) is 32.8 Å². The fraction of sp³-hybridized carbons (Fsp3) is 0.562. The summed E-state index contributed by atoms with van der Waals surface area (Å²) in [5, 5.41) is 3.31. The largest absolute Gasteiger partial charge is 0.463 e. The maximum atomic E-state index is 11.8. The van der Waals surface area contributed by atoms with E-state index in [-0.39, 0.29) is 11.9 Å². The van der Waals surface area contributed by atoms with Crippen molar-refractivity contribution >= 4 is 11.7 Å². The van der Waals surface area contributed by atoms with Gasteiger partial charge in [0, 0.05) is 38.5 Å². The fourth-order valence-electron chi connectivity index (χ4n) is 2.42. The topological polar surface area (TPSA) is 56.8 Å². The van der Waals surface area contributed by atoms with Gasteiger partial charge >= 0.3 is 5.97 Å². The number of hydrogen-bond donors (Lipinski definition) is 1. The van der Waals surface area contributed by atoms with E-state index in [4.69, 9.17) is 14.2 Å². The Morgan fingerprint density at radius 1 is 1.24 bits per heavy atom. The lowest BCUT2D eigenvalue weighted by atomic mass is 9.98. The number of methoxy groups -OCH3 is 1. The summed E-state index contributed by atoms with van der Waals surface area (Å²) in [5.41, 5.74) is 2.32. The van der Waals surface area contributed by atoms with Gasteiger partial charge in [-0.15, -0.1) is 0 Å². The van der Waals surface area contributed by atoms with Crippen LogP contribution in [0, 0.1) is 0 Å². The molecule has 5 nitrogen and oxygen atoms in total. The second-order valence-electron chi connectivity index (χ2n) is 5.05. The van der Waals surface area contributed by atoms with Gasteiger partial charge in [0.1, 0.15) is 6.61 Å². The fourth-order valence-corrected chi connectivity index (χ4v) is 2.42. The van der Waals surface area contributed by atoms with E-state index in [1.54, 1.807) is 7.11 Å². The Morgan fingerprint density at radius 3 is 2.95 bits per heavy atom. The first kappa shape index (κ1) is 15.8. The second-order valence-corrected chi connectivity index (χ2v) is 5.05. The monoisotopic (exact) mass is 293 g/mol. The molecule has 0 saturated carbocycles. The van der Waals surface area contributed by atoms with Crippen LogP contribution in [0.25, 0.3) is 0 Å². The van der Waals surface area contributed by atoms with Crippen LogP contribution in [0.2, 0.25) is 0 Å². The summed E-state index contributed by atoms with van der Waals surface area (Å²) in [4.78, 5) is 11.8. The number of para-hydroxylation sites is 1. The molecule has 1 aliphatic heterocycles. The van der Waals surface area contributed by atoms with Crippen LogP contribution in [0.15, 0.2) is 24.3 Å². The van der Waals surface area contributed by atoms with Gasteiger partial charge in [0.15, 0.2) is 0 Å². The van der Waals surface area contributed by atoms with Gasteiger partial charge in [-0.25, -0.2) is 0 Å². The molecule has 0 aliphatic carbocycles. The molecule has 0 bridgehead atoms. The molecule has 21 heavy (non-hydrogen) atoms. The van der Waals surface area contributed by atoms with Crippen LogP contribution in [0.5, 0.6) is 0 Å². The number of carbonyl (C=O) groups is 1. The lowest BCUT2D eigenvalue weighted by Crippen LogP contribution is -2.15.